The van der Waals surface area contributed by atoms with Crippen LogP contribution in [0.2, 0.25) is 0 Å². The number of nitrogens with zero attached hydrogens (tertiary/aromatic N) is 1. The minimum Gasteiger partial charge on any atom is -0.383 e. The van der Waals surface area contributed by atoms with E-state index in [0.29, 0.717) is 38.2 Å². The van der Waals surface area contributed by atoms with Crippen molar-refractivity contribution in [1.82, 2.24) is 10.2 Å². The summed E-state index contributed by atoms with van der Waals surface area (Å²) in [6, 6.07) is 3.43. The third-order valence-corrected chi connectivity index (χ3v) is 4.62. The lowest BCUT2D eigenvalue weighted by molar-refractivity contribution is -0.128. The van der Waals surface area contributed by atoms with Crippen molar-refractivity contribution >= 4 is 17.5 Å². The maximum Gasteiger partial charge on any atom is 0.229 e. The molecule has 24 heavy (non-hydrogen) atoms. The zero-order valence-corrected chi connectivity index (χ0v) is 13.7. The Labute approximate surface area is 140 Å². The number of hydrogen-bond donors (Lipinski definition) is 2. The zero-order chi connectivity index (χ0) is 17.1. The van der Waals surface area contributed by atoms with Crippen molar-refractivity contribution in [2.75, 3.05) is 38.7 Å². The molecule has 2 amide bonds. The summed E-state index contributed by atoms with van der Waals surface area (Å²) in [5, 5.41) is 5.85. The average molecular weight is 335 g/mol. The van der Waals surface area contributed by atoms with Crippen molar-refractivity contribution in [2.24, 2.45) is 5.92 Å². The van der Waals surface area contributed by atoms with Crippen molar-refractivity contribution in [3.8, 4) is 0 Å². The highest BCUT2D eigenvalue weighted by atomic mass is 19.1. The number of methoxy groups -OCH3 is 1. The van der Waals surface area contributed by atoms with Gasteiger partial charge >= 0.3 is 0 Å². The first-order chi connectivity index (χ1) is 11.6. The number of carbonyl (C=O) groups excluding carboxylic acids is 2. The summed E-state index contributed by atoms with van der Waals surface area (Å²) < 4.78 is 19.5. The summed E-state index contributed by atoms with van der Waals surface area (Å²) in [6.45, 7) is 2.64. The molecule has 0 radical (unpaired) electrons. The quantitative estimate of drug-likeness (QED) is 0.839. The fraction of sp³-hybridized carbons (Fsp3) is 0.529. The number of rotatable bonds is 5. The second-order valence-electron chi connectivity index (χ2n) is 6.21. The number of amides is 2. The van der Waals surface area contributed by atoms with E-state index in [4.69, 9.17) is 4.74 Å². The van der Waals surface area contributed by atoms with E-state index in [1.807, 2.05) is 6.07 Å². The average Bonchev–Trinajstić information content (AvgIpc) is 2.96. The van der Waals surface area contributed by atoms with Crippen LogP contribution in [0.5, 0.6) is 0 Å². The van der Waals surface area contributed by atoms with Gasteiger partial charge in [-0.1, -0.05) is 6.07 Å². The molecule has 6 nitrogen and oxygen atoms in total. The smallest absolute Gasteiger partial charge is 0.229 e. The number of fused-ring (bicyclic) bond motifs is 1. The Morgan fingerprint density at radius 3 is 3.12 bits per heavy atom. The number of ether oxygens (including phenoxy) is 1. The van der Waals surface area contributed by atoms with Gasteiger partial charge in [0.15, 0.2) is 0 Å². The van der Waals surface area contributed by atoms with Crippen molar-refractivity contribution < 1.29 is 18.7 Å². The molecule has 1 atom stereocenters. The highest BCUT2D eigenvalue weighted by molar-refractivity contribution is 5.97. The highest BCUT2D eigenvalue weighted by Gasteiger charge is 2.34. The van der Waals surface area contributed by atoms with Gasteiger partial charge in [-0.05, 0) is 30.2 Å². The molecule has 1 fully saturated rings. The molecule has 2 aliphatic heterocycles. The van der Waals surface area contributed by atoms with Crippen molar-refractivity contribution in [2.45, 2.75) is 19.4 Å². The summed E-state index contributed by atoms with van der Waals surface area (Å²) in [4.78, 5) is 25.9. The van der Waals surface area contributed by atoms with Gasteiger partial charge in [-0.25, -0.2) is 4.39 Å². The molecule has 2 N–H and O–H groups in total. The van der Waals surface area contributed by atoms with Crippen LogP contribution in [0, 0.1) is 11.7 Å². The van der Waals surface area contributed by atoms with E-state index < -0.39 is 5.92 Å². The second kappa shape index (κ2) is 7.27. The van der Waals surface area contributed by atoms with Gasteiger partial charge in [0, 0.05) is 33.2 Å². The van der Waals surface area contributed by atoms with Crippen LogP contribution in [-0.2, 0) is 27.3 Å². The molecule has 2 heterocycles. The molecule has 130 valence electrons. The van der Waals surface area contributed by atoms with Crippen LogP contribution in [0.4, 0.5) is 10.1 Å². The van der Waals surface area contributed by atoms with Gasteiger partial charge in [-0.15, -0.1) is 0 Å². The topological polar surface area (TPSA) is 70.7 Å². The van der Waals surface area contributed by atoms with Crippen LogP contribution in [0.15, 0.2) is 12.1 Å². The number of benzene rings is 1. The molecule has 2 aliphatic rings. The van der Waals surface area contributed by atoms with Gasteiger partial charge in [0.25, 0.3) is 0 Å². The van der Waals surface area contributed by atoms with Crippen LogP contribution in [0.1, 0.15) is 17.5 Å². The largest absolute Gasteiger partial charge is 0.383 e. The van der Waals surface area contributed by atoms with Gasteiger partial charge in [0.2, 0.25) is 11.8 Å². The first-order valence-electron chi connectivity index (χ1n) is 8.18. The Hall–Kier alpha value is -1.99. The molecule has 1 unspecified atom stereocenters. The number of halogens is 1. The van der Waals surface area contributed by atoms with Crippen LogP contribution >= 0.6 is 0 Å². The van der Waals surface area contributed by atoms with Crippen LogP contribution < -0.4 is 10.6 Å². The molecular weight excluding hydrogens is 313 g/mol. The monoisotopic (exact) mass is 335 g/mol. The molecule has 7 heteroatoms. The maximum atomic E-state index is 14.6. The van der Waals surface area contributed by atoms with Crippen LogP contribution in [0.25, 0.3) is 0 Å². The zero-order valence-electron chi connectivity index (χ0n) is 13.7. The molecule has 0 spiro atoms. The van der Waals surface area contributed by atoms with E-state index >= 15 is 0 Å². The van der Waals surface area contributed by atoms with E-state index in [-0.39, 0.29) is 29.7 Å². The number of likely N-dealkylation sites (tertiary alicyclic amines) is 1. The fourth-order valence-corrected chi connectivity index (χ4v) is 3.23. The Kier molecular flexibility index (Phi) is 5.11. The molecule has 0 aromatic heterocycles. The normalized spacial score (nSPS) is 20.2. The standard InChI is InChI=1S/C17H22FN3O3/c1-24-7-6-21-10-12(8-15(21)22)17(23)20-14-3-2-11-9-19-5-4-13(11)16(14)18/h2-3,12,19H,4-10H2,1H3,(H,20,23). The lowest BCUT2D eigenvalue weighted by Crippen LogP contribution is -2.31. The predicted octanol–water partition coefficient (Wildman–Crippen LogP) is 0.905. The minimum atomic E-state index is -0.452. The summed E-state index contributed by atoms with van der Waals surface area (Å²) >= 11 is 0. The molecule has 0 aliphatic carbocycles. The second-order valence-corrected chi connectivity index (χ2v) is 6.21. The third kappa shape index (κ3) is 3.42. The summed E-state index contributed by atoms with van der Waals surface area (Å²) in [5.74, 6) is -1.19. The number of carbonyl (C=O) groups is 2. The number of nitrogens with one attached hydrogen (secondary N) is 2. The van der Waals surface area contributed by atoms with Gasteiger partial charge in [0.05, 0.1) is 18.2 Å². The summed E-state index contributed by atoms with van der Waals surface area (Å²) in [7, 11) is 1.57. The number of hydrogen-bond acceptors (Lipinski definition) is 4. The van der Waals surface area contributed by atoms with Gasteiger partial charge < -0.3 is 20.3 Å². The molecule has 3 rings (SSSR count). The summed E-state index contributed by atoms with van der Waals surface area (Å²) in [6.07, 6.45) is 0.767. The first kappa shape index (κ1) is 16.9. The molecular formula is C17H22FN3O3. The molecule has 0 bridgehead atoms. The lowest BCUT2D eigenvalue weighted by atomic mass is 9.99. The fourth-order valence-electron chi connectivity index (χ4n) is 3.23. The van der Waals surface area contributed by atoms with E-state index in [1.165, 1.54) is 0 Å². The molecule has 0 saturated carbocycles. The summed E-state index contributed by atoms with van der Waals surface area (Å²) in [5.41, 5.74) is 1.79. The minimum absolute atomic E-state index is 0.0656. The third-order valence-electron chi connectivity index (χ3n) is 4.62. The van der Waals surface area contributed by atoms with Crippen molar-refractivity contribution in [3.05, 3.63) is 29.1 Å². The Balaban J connectivity index is 1.66. The predicted molar refractivity (Wildman–Crippen MR) is 87.0 cm³/mol. The Bertz CT molecular complexity index is 650. The van der Waals surface area contributed by atoms with E-state index in [1.54, 1.807) is 18.1 Å². The van der Waals surface area contributed by atoms with Gasteiger partial charge in [-0.2, -0.15) is 0 Å². The SMILES string of the molecule is COCCN1CC(C(=O)Nc2ccc3c(c2F)CCNC3)CC1=O. The Morgan fingerprint density at radius 2 is 2.33 bits per heavy atom. The lowest BCUT2D eigenvalue weighted by Gasteiger charge is -2.20. The van der Waals surface area contributed by atoms with Crippen LogP contribution in [0.3, 0.4) is 0 Å². The maximum absolute atomic E-state index is 14.6. The molecule has 1 aromatic rings. The Morgan fingerprint density at radius 1 is 1.50 bits per heavy atom. The van der Waals surface area contributed by atoms with E-state index in [9.17, 15) is 14.0 Å². The van der Waals surface area contributed by atoms with Crippen LogP contribution in [-0.4, -0.2) is 50.1 Å². The van der Waals surface area contributed by atoms with Gasteiger partial charge in [0.1, 0.15) is 5.82 Å². The number of anilines is 1. The van der Waals surface area contributed by atoms with Crippen molar-refractivity contribution in [1.29, 1.82) is 0 Å². The first-order valence-corrected chi connectivity index (χ1v) is 8.18. The van der Waals surface area contributed by atoms with Gasteiger partial charge in [-0.3, -0.25) is 9.59 Å². The molecule has 1 saturated heterocycles. The van der Waals surface area contributed by atoms with E-state index in [2.05, 4.69) is 10.6 Å². The highest BCUT2D eigenvalue weighted by Crippen LogP contribution is 2.26. The van der Waals surface area contributed by atoms with E-state index in [0.717, 1.165) is 12.1 Å². The van der Waals surface area contributed by atoms with Crippen molar-refractivity contribution in [3.63, 3.8) is 0 Å². The molecule has 1 aromatic carbocycles.